The molecule has 100 valence electrons. The zero-order valence-electron chi connectivity index (χ0n) is 10.8. The molecule has 0 aliphatic carbocycles. The minimum absolute atomic E-state index is 0.0487. The van der Waals surface area contributed by atoms with Gasteiger partial charge in [-0.1, -0.05) is 11.6 Å². The molecule has 2 heterocycles. The van der Waals surface area contributed by atoms with Gasteiger partial charge in [-0.15, -0.1) is 0 Å². The van der Waals surface area contributed by atoms with Crippen LogP contribution in [0, 0.1) is 6.92 Å². The first-order valence-corrected chi connectivity index (χ1v) is 6.70. The van der Waals surface area contributed by atoms with Gasteiger partial charge in [0.05, 0.1) is 11.3 Å². The first-order valence-electron chi connectivity index (χ1n) is 6.32. The average Bonchev–Trinajstić information content (AvgIpc) is 2.63. The molecule has 1 aliphatic heterocycles. The Kier molecular flexibility index (Phi) is 3.92. The van der Waals surface area contributed by atoms with Gasteiger partial charge in [0.1, 0.15) is 5.15 Å². The molecule has 6 heteroatoms. The fourth-order valence-electron chi connectivity index (χ4n) is 2.36. The molecule has 1 aromatic heterocycles. The van der Waals surface area contributed by atoms with Crippen molar-refractivity contribution in [2.45, 2.75) is 39.3 Å². The van der Waals surface area contributed by atoms with E-state index in [4.69, 9.17) is 17.3 Å². The van der Waals surface area contributed by atoms with E-state index in [1.54, 1.807) is 9.58 Å². The molecule has 2 N–H and O–H groups in total. The number of likely N-dealkylation sites (tertiary alicyclic amines) is 1. The van der Waals surface area contributed by atoms with Crippen LogP contribution in [0.4, 0.5) is 0 Å². The number of piperidine rings is 1. The van der Waals surface area contributed by atoms with Crippen molar-refractivity contribution in [3.8, 4) is 0 Å². The van der Waals surface area contributed by atoms with Crippen molar-refractivity contribution in [2.75, 3.05) is 13.1 Å². The summed E-state index contributed by atoms with van der Waals surface area (Å²) in [5.74, 6) is -0.0487. The molecule has 0 saturated carbocycles. The summed E-state index contributed by atoms with van der Waals surface area (Å²) in [7, 11) is 0. The maximum absolute atomic E-state index is 12.4. The van der Waals surface area contributed by atoms with E-state index in [1.807, 2.05) is 13.8 Å². The highest BCUT2D eigenvalue weighted by Gasteiger charge is 2.27. The Balaban J connectivity index is 2.25. The number of aromatic nitrogens is 2. The van der Waals surface area contributed by atoms with Gasteiger partial charge < -0.3 is 10.6 Å². The fraction of sp³-hybridized carbons (Fsp3) is 0.667. The average molecular weight is 271 g/mol. The van der Waals surface area contributed by atoms with Crippen molar-refractivity contribution in [2.24, 2.45) is 5.73 Å². The quantitative estimate of drug-likeness (QED) is 0.884. The van der Waals surface area contributed by atoms with Crippen LogP contribution in [0.1, 0.15) is 35.8 Å². The van der Waals surface area contributed by atoms with Crippen molar-refractivity contribution >= 4 is 17.5 Å². The van der Waals surface area contributed by atoms with Crippen LogP contribution in [0.5, 0.6) is 0 Å². The van der Waals surface area contributed by atoms with Crippen molar-refractivity contribution in [3.63, 3.8) is 0 Å². The lowest BCUT2D eigenvalue weighted by Crippen LogP contribution is -2.45. The molecule has 0 unspecified atom stereocenters. The van der Waals surface area contributed by atoms with Gasteiger partial charge in [-0.05, 0) is 26.7 Å². The number of rotatable bonds is 2. The summed E-state index contributed by atoms with van der Waals surface area (Å²) in [5, 5.41) is 4.70. The second-order valence-corrected chi connectivity index (χ2v) is 5.08. The lowest BCUT2D eigenvalue weighted by atomic mass is 10.1. The second kappa shape index (κ2) is 5.28. The van der Waals surface area contributed by atoms with E-state index >= 15 is 0 Å². The van der Waals surface area contributed by atoms with Gasteiger partial charge >= 0.3 is 0 Å². The van der Waals surface area contributed by atoms with Crippen LogP contribution in [-0.2, 0) is 6.54 Å². The largest absolute Gasteiger partial charge is 0.337 e. The summed E-state index contributed by atoms with van der Waals surface area (Å²) in [4.78, 5) is 14.2. The van der Waals surface area contributed by atoms with Gasteiger partial charge in [0.25, 0.3) is 5.91 Å². The van der Waals surface area contributed by atoms with Crippen molar-refractivity contribution < 1.29 is 4.79 Å². The number of carbonyl (C=O) groups excluding carboxylic acids is 1. The Morgan fingerprint density at radius 1 is 1.61 bits per heavy atom. The summed E-state index contributed by atoms with van der Waals surface area (Å²) in [6, 6.07) is 0.0722. The minimum Gasteiger partial charge on any atom is -0.337 e. The SMILES string of the molecule is CCn1nc(C)c(C(=O)N2CCC[C@H](N)C2)c1Cl. The van der Waals surface area contributed by atoms with Gasteiger partial charge in [-0.2, -0.15) is 5.10 Å². The molecular weight excluding hydrogens is 252 g/mol. The Labute approximate surface area is 112 Å². The summed E-state index contributed by atoms with van der Waals surface area (Å²) >= 11 is 6.20. The lowest BCUT2D eigenvalue weighted by molar-refractivity contribution is 0.0708. The van der Waals surface area contributed by atoms with Crippen LogP contribution in [-0.4, -0.2) is 39.7 Å². The number of halogens is 1. The van der Waals surface area contributed by atoms with Gasteiger partial charge in [-0.25, -0.2) is 0 Å². The van der Waals surface area contributed by atoms with Crippen molar-refractivity contribution in [3.05, 3.63) is 16.4 Å². The predicted molar refractivity (Wildman–Crippen MR) is 70.8 cm³/mol. The highest BCUT2D eigenvalue weighted by Crippen LogP contribution is 2.23. The number of carbonyl (C=O) groups is 1. The normalized spacial score (nSPS) is 20.2. The standard InChI is InChI=1S/C12H19ClN4O/c1-3-17-11(13)10(8(2)15-17)12(18)16-6-4-5-9(14)7-16/h9H,3-7,14H2,1-2H3/t9-/m0/s1. The second-order valence-electron chi connectivity index (χ2n) is 4.72. The van der Waals surface area contributed by atoms with E-state index in [0.29, 0.717) is 29.5 Å². The number of nitrogens with two attached hydrogens (primary N) is 1. The zero-order valence-corrected chi connectivity index (χ0v) is 11.6. The summed E-state index contributed by atoms with van der Waals surface area (Å²) in [6.07, 6.45) is 1.93. The van der Waals surface area contributed by atoms with E-state index < -0.39 is 0 Å². The molecule has 2 rings (SSSR count). The Morgan fingerprint density at radius 2 is 2.33 bits per heavy atom. The third kappa shape index (κ3) is 2.37. The molecule has 1 amide bonds. The number of amides is 1. The first-order chi connectivity index (χ1) is 8.54. The Morgan fingerprint density at radius 3 is 2.89 bits per heavy atom. The molecule has 1 aliphatic rings. The first kappa shape index (κ1) is 13.4. The van der Waals surface area contributed by atoms with Gasteiger partial charge in [0, 0.05) is 25.7 Å². The third-order valence-electron chi connectivity index (χ3n) is 3.32. The van der Waals surface area contributed by atoms with E-state index in [1.165, 1.54) is 0 Å². The van der Waals surface area contributed by atoms with E-state index in [9.17, 15) is 4.79 Å². The summed E-state index contributed by atoms with van der Waals surface area (Å²) in [6.45, 7) is 5.77. The highest BCUT2D eigenvalue weighted by atomic mass is 35.5. The molecule has 1 aromatic rings. The maximum atomic E-state index is 12.4. The molecule has 1 saturated heterocycles. The van der Waals surface area contributed by atoms with Crippen LogP contribution in [0.3, 0.4) is 0 Å². The van der Waals surface area contributed by atoms with Crippen LogP contribution < -0.4 is 5.73 Å². The Hall–Kier alpha value is -1.07. The highest BCUT2D eigenvalue weighted by molar-refractivity contribution is 6.33. The molecule has 1 fully saturated rings. The van der Waals surface area contributed by atoms with Crippen LogP contribution in [0.15, 0.2) is 0 Å². The smallest absolute Gasteiger partial charge is 0.258 e. The van der Waals surface area contributed by atoms with Crippen LogP contribution >= 0.6 is 11.6 Å². The van der Waals surface area contributed by atoms with Gasteiger partial charge in [0.15, 0.2) is 0 Å². The maximum Gasteiger partial charge on any atom is 0.258 e. The van der Waals surface area contributed by atoms with E-state index in [0.717, 1.165) is 19.4 Å². The van der Waals surface area contributed by atoms with Gasteiger partial charge in [-0.3, -0.25) is 9.48 Å². The molecule has 0 bridgehead atoms. The monoisotopic (exact) mass is 270 g/mol. The molecule has 1 atom stereocenters. The minimum atomic E-state index is -0.0487. The van der Waals surface area contributed by atoms with E-state index in [2.05, 4.69) is 5.10 Å². The fourth-order valence-corrected chi connectivity index (χ4v) is 2.73. The van der Waals surface area contributed by atoms with Crippen LogP contribution in [0.2, 0.25) is 5.15 Å². The number of nitrogens with zero attached hydrogens (tertiary/aromatic N) is 3. The van der Waals surface area contributed by atoms with Gasteiger partial charge in [0.2, 0.25) is 0 Å². The number of aryl methyl sites for hydroxylation is 2. The third-order valence-corrected chi connectivity index (χ3v) is 3.71. The zero-order chi connectivity index (χ0) is 13.3. The topological polar surface area (TPSA) is 64.2 Å². The predicted octanol–water partition coefficient (Wildman–Crippen LogP) is 1.43. The molecule has 0 spiro atoms. The number of hydrogen-bond donors (Lipinski definition) is 1. The van der Waals surface area contributed by atoms with Crippen molar-refractivity contribution in [1.29, 1.82) is 0 Å². The summed E-state index contributed by atoms with van der Waals surface area (Å²) < 4.78 is 1.65. The molecule has 5 nitrogen and oxygen atoms in total. The van der Waals surface area contributed by atoms with Crippen LogP contribution in [0.25, 0.3) is 0 Å². The number of hydrogen-bond acceptors (Lipinski definition) is 3. The van der Waals surface area contributed by atoms with E-state index in [-0.39, 0.29) is 11.9 Å². The molecule has 0 aromatic carbocycles. The Bertz CT molecular complexity index is 457. The molecular formula is C12H19ClN4O. The summed E-state index contributed by atoms with van der Waals surface area (Å²) in [5.41, 5.74) is 7.11. The molecule has 18 heavy (non-hydrogen) atoms. The molecule has 0 radical (unpaired) electrons. The lowest BCUT2D eigenvalue weighted by Gasteiger charge is -2.30. The van der Waals surface area contributed by atoms with Crippen molar-refractivity contribution in [1.82, 2.24) is 14.7 Å².